The van der Waals surface area contributed by atoms with E-state index in [0.717, 1.165) is 55.1 Å². The number of benzene rings is 2. The van der Waals surface area contributed by atoms with Crippen molar-refractivity contribution >= 4 is 23.7 Å². The molecule has 2 aromatic carbocycles. The van der Waals surface area contributed by atoms with Crippen LogP contribution in [0.25, 0.3) is 16.8 Å². The van der Waals surface area contributed by atoms with E-state index in [1.54, 1.807) is 25.4 Å². The van der Waals surface area contributed by atoms with E-state index in [9.17, 15) is 4.39 Å². The van der Waals surface area contributed by atoms with E-state index in [2.05, 4.69) is 22.1 Å². The number of methoxy groups -OCH3 is 1. The number of fused-ring (bicyclic) bond motifs is 2. The van der Waals surface area contributed by atoms with Gasteiger partial charge >= 0.3 is 0 Å². The lowest BCUT2D eigenvalue weighted by atomic mass is 9.73. The molecule has 182 valence electrons. The van der Waals surface area contributed by atoms with Crippen molar-refractivity contribution < 1.29 is 9.13 Å². The Morgan fingerprint density at radius 3 is 2.63 bits per heavy atom. The number of rotatable bonds is 3. The van der Waals surface area contributed by atoms with E-state index in [-0.39, 0.29) is 29.7 Å². The maximum absolute atomic E-state index is 14.6. The summed E-state index contributed by atoms with van der Waals surface area (Å²) in [5.41, 5.74) is 12.3. The highest BCUT2D eigenvalue weighted by Crippen LogP contribution is 2.51. The van der Waals surface area contributed by atoms with E-state index >= 15 is 0 Å². The molecule has 1 spiro atoms. The normalized spacial score (nSPS) is 18.5. The van der Waals surface area contributed by atoms with Crippen LogP contribution in [-0.4, -0.2) is 34.8 Å². The lowest BCUT2D eigenvalue weighted by Crippen LogP contribution is -2.44. The summed E-state index contributed by atoms with van der Waals surface area (Å²) in [6, 6.07) is 15.0. The molecule has 0 amide bonds. The number of ether oxygens (including phenoxy) is 1. The fourth-order valence-corrected chi connectivity index (χ4v) is 5.89. The Morgan fingerprint density at radius 1 is 1.11 bits per heavy atom. The molecule has 0 radical (unpaired) electrons. The molecule has 8 heteroatoms. The molecule has 35 heavy (non-hydrogen) atoms. The largest absolute Gasteiger partial charge is 0.497 e. The summed E-state index contributed by atoms with van der Waals surface area (Å²) in [5, 5.41) is 4.53. The number of piperidine rings is 1. The molecule has 2 aromatic heterocycles. The van der Waals surface area contributed by atoms with Crippen molar-refractivity contribution in [3.8, 4) is 17.0 Å². The van der Waals surface area contributed by atoms with Crippen LogP contribution in [0.5, 0.6) is 5.75 Å². The topological polar surface area (TPSA) is 68.7 Å². The number of anilines is 1. The van der Waals surface area contributed by atoms with E-state index in [0.29, 0.717) is 11.3 Å². The molecule has 1 saturated heterocycles. The highest BCUT2D eigenvalue weighted by Gasteiger charge is 2.46. The van der Waals surface area contributed by atoms with Gasteiger partial charge in [-0.05, 0) is 73.1 Å². The predicted octanol–water partition coefficient (Wildman–Crippen LogP) is 5.12. The quantitative estimate of drug-likeness (QED) is 0.429. The van der Waals surface area contributed by atoms with Crippen molar-refractivity contribution in [1.82, 2.24) is 14.6 Å². The molecule has 0 unspecified atom stereocenters. The molecule has 1 atom stereocenters. The van der Waals surface area contributed by atoms with E-state index in [4.69, 9.17) is 15.5 Å². The standard InChI is InChI=1S/C27H28FN5O.ClH/c1-17-24(20-5-3-4-6-22(20)28)33-23(9-12-30-33)26(31-17)32-13-10-27(11-14-32)16-18-7-8-19(34-2)15-21(18)25(27)29;/h3-9,12,15,25H,10-11,13-14,16,29H2,1-2H3;1H/t25-;/m1./s1. The summed E-state index contributed by atoms with van der Waals surface area (Å²) in [6.45, 7) is 3.66. The molecule has 4 aromatic rings. The van der Waals surface area contributed by atoms with Crippen LogP contribution in [0.1, 0.15) is 35.7 Å². The number of nitrogens with two attached hydrogens (primary N) is 1. The Hall–Kier alpha value is -3.16. The average molecular weight is 494 g/mol. The number of hydrogen-bond donors (Lipinski definition) is 1. The zero-order chi connectivity index (χ0) is 23.4. The molecule has 1 fully saturated rings. The summed E-state index contributed by atoms with van der Waals surface area (Å²) < 4.78 is 21.9. The molecule has 0 bridgehead atoms. The molecule has 2 aliphatic rings. The van der Waals surface area contributed by atoms with Crippen LogP contribution in [0.4, 0.5) is 10.2 Å². The van der Waals surface area contributed by atoms with Crippen LogP contribution in [0.2, 0.25) is 0 Å². The Balaban J connectivity index is 0.00000253. The van der Waals surface area contributed by atoms with Gasteiger partial charge in [-0.1, -0.05) is 18.2 Å². The maximum Gasteiger partial charge on any atom is 0.155 e. The number of nitrogens with zero attached hydrogens (tertiary/aromatic N) is 4. The van der Waals surface area contributed by atoms with E-state index < -0.39 is 0 Å². The van der Waals surface area contributed by atoms with Crippen LogP contribution in [0.3, 0.4) is 0 Å². The summed E-state index contributed by atoms with van der Waals surface area (Å²) in [4.78, 5) is 7.29. The first-order valence-electron chi connectivity index (χ1n) is 11.8. The third-order valence-electron chi connectivity index (χ3n) is 7.78. The van der Waals surface area contributed by atoms with Crippen LogP contribution < -0.4 is 15.4 Å². The summed E-state index contributed by atoms with van der Waals surface area (Å²) >= 11 is 0. The van der Waals surface area contributed by atoms with Crippen LogP contribution in [-0.2, 0) is 6.42 Å². The Bertz CT molecular complexity index is 1400. The minimum atomic E-state index is -0.275. The zero-order valence-corrected chi connectivity index (χ0v) is 20.7. The first kappa shape index (κ1) is 23.6. The minimum absolute atomic E-state index is 0. The molecule has 3 heterocycles. The molecule has 0 saturated carbocycles. The van der Waals surface area contributed by atoms with Crippen LogP contribution in [0.15, 0.2) is 54.7 Å². The third-order valence-corrected chi connectivity index (χ3v) is 7.78. The monoisotopic (exact) mass is 493 g/mol. The SMILES string of the molecule is COc1ccc2c(c1)[C@@H](N)C1(CCN(c3nc(C)c(-c4ccccc4F)n4nccc34)CC1)C2.Cl. The molecule has 2 N–H and O–H groups in total. The summed E-state index contributed by atoms with van der Waals surface area (Å²) in [5.74, 6) is 1.49. The smallest absolute Gasteiger partial charge is 0.155 e. The summed E-state index contributed by atoms with van der Waals surface area (Å²) in [7, 11) is 1.69. The van der Waals surface area contributed by atoms with Crippen LogP contribution >= 0.6 is 12.4 Å². The number of aryl methyl sites for hydroxylation is 1. The fourth-order valence-electron chi connectivity index (χ4n) is 5.89. The molecule has 1 aliphatic carbocycles. The van der Waals surface area contributed by atoms with Crippen molar-refractivity contribution in [2.24, 2.45) is 11.1 Å². The lowest BCUT2D eigenvalue weighted by molar-refractivity contribution is 0.187. The number of hydrogen-bond acceptors (Lipinski definition) is 5. The second-order valence-corrected chi connectivity index (χ2v) is 9.55. The minimum Gasteiger partial charge on any atom is -0.497 e. The molecule has 1 aliphatic heterocycles. The van der Waals surface area contributed by atoms with Crippen molar-refractivity contribution in [2.75, 3.05) is 25.1 Å². The third kappa shape index (κ3) is 3.65. The molecule has 6 rings (SSSR count). The highest BCUT2D eigenvalue weighted by molar-refractivity contribution is 5.85. The Kier molecular flexibility index (Phi) is 5.93. The first-order chi connectivity index (χ1) is 16.5. The van der Waals surface area contributed by atoms with Crippen molar-refractivity contribution in [1.29, 1.82) is 0 Å². The van der Waals surface area contributed by atoms with Crippen molar-refractivity contribution in [3.63, 3.8) is 0 Å². The Morgan fingerprint density at radius 2 is 1.89 bits per heavy atom. The van der Waals surface area contributed by atoms with Gasteiger partial charge in [0.2, 0.25) is 0 Å². The molecular weight excluding hydrogens is 465 g/mol. The number of halogens is 2. The predicted molar refractivity (Wildman–Crippen MR) is 138 cm³/mol. The van der Waals surface area contributed by atoms with Gasteiger partial charge in [-0.3, -0.25) is 0 Å². The maximum atomic E-state index is 14.6. The van der Waals surface area contributed by atoms with Crippen molar-refractivity contribution in [2.45, 2.75) is 32.2 Å². The van der Waals surface area contributed by atoms with Gasteiger partial charge in [-0.25, -0.2) is 13.9 Å². The lowest BCUT2D eigenvalue weighted by Gasteiger charge is -2.42. The molecular formula is C27H29ClFN5O. The van der Waals surface area contributed by atoms with Gasteiger partial charge in [-0.15, -0.1) is 12.4 Å². The fraction of sp³-hybridized carbons (Fsp3) is 0.333. The number of aromatic nitrogens is 3. The average Bonchev–Trinajstić information content (AvgIpc) is 3.43. The van der Waals surface area contributed by atoms with E-state index in [1.807, 2.05) is 29.6 Å². The second-order valence-electron chi connectivity index (χ2n) is 9.55. The van der Waals surface area contributed by atoms with Gasteiger partial charge in [0.1, 0.15) is 17.1 Å². The van der Waals surface area contributed by atoms with Gasteiger partial charge in [0.05, 0.1) is 24.7 Å². The summed E-state index contributed by atoms with van der Waals surface area (Å²) in [6.07, 6.45) is 4.73. The van der Waals surface area contributed by atoms with Gasteiger partial charge < -0.3 is 15.4 Å². The van der Waals surface area contributed by atoms with Crippen LogP contribution in [0, 0.1) is 18.2 Å². The molecule has 6 nitrogen and oxygen atoms in total. The highest BCUT2D eigenvalue weighted by atomic mass is 35.5. The van der Waals surface area contributed by atoms with E-state index in [1.165, 1.54) is 17.2 Å². The van der Waals surface area contributed by atoms with Gasteiger partial charge in [0.15, 0.2) is 5.82 Å². The Labute approximate surface area is 210 Å². The van der Waals surface area contributed by atoms with Gasteiger partial charge in [0, 0.05) is 24.7 Å². The van der Waals surface area contributed by atoms with Crippen molar-refractivity contribution in [3.05, 3.63) is 77.4 Å². The second kappa shape index (κ2) is 8.81. The van der Waals surface area contributed by atoms with Gasteiger partial charge in [0.25, 0.3) is 0 Å². The zero-order valence-electron chi connectivity index (χ0n) is 19.9. The van der Waals surface area contributed by atoms with Gasteiger partial charge in [-0.2, -0.15) is 5.10 Å². The first-order valence-corrected chi connectivity index (χ1v) is 11.8.